The molecule has 1 aromatic heterocycles. The van der Waals surface area contributed by atoms with Gasteiger partial charge in [-0.05, 0) is 36.4 Å². The number of nitrogens with two attached hydrogens (primary N) is 1. The van der Waals surface area contributed by atoms with Crippen molar-refractivity contribution >= 4 is 5.91 Å². The molecule has 2 aromatic carbocycles. The van der Waals surface area contributed by atoms with Gasteiger partial charge in [-0.1, -0.05) is 24.3 Å². The highest BCUT2D eigenvalue weighted by Gasteiger charge is 2.33. The fourth-order valence-corrected chi connectivity index (χ4v) is 2.81. The number of hydrogen-bond acceptors (Lipinski definition) is 4. The van der Waals surface area contributed by atoms with E-state index in [0.29, 0.717) is 0 Å². The minimum absolute atomic E-state index is 0.0750. The van der Waals surface area contributed by atoms with Crippen LogP contribution >= 0.6 is 0 Å². The number of nitrogens with zero attached hydrogens (tertiary/aromatic N) is 1. The molecule has 0 unspecified atom stereocenters. The fourth-order valence-electron chi connectivity index (χ4n) is 2.81. The Morgan fingerprint density at radius 2 is 1.41 bits per heavy atom. The number of benzene rings is 2. The number of quaternary nitrogens is 1. The maximum absolute atomic E-state index is 12.6. The average molecular weight is 457 g/mol. The molecule has 0 aliphatic heterocycles. The third-order valence-corrected chi connectivity index (χ3v) is 4.14. The molecule has 3 aromatic rings. The fraction of sp³-hybridized carbons (Fsp3) is 0.143. The Morgan fingerprint density at radius 1 is 0.812 bits per heavy atom. The molecule has 0 bridgehead atoms. The summed E-state index contributed by atoms with van der Waals surface area (Å²) < 4.78 is 83.2. The van der Waals surface area contributed by atoms with E-state index >= 15 is 0 Å². The van der Waals surface area contributed by atoms with Crippen molar-refractivity contribution in [1.82, 2.24) is 4.98 Å². The molecule has 168 valence electrons. The lowest BCUT2D eigenvalue weighted by Gasteiger charge is -2.13. The molecule has 11 heteroatoms. The van der Waals surface area contributed by atoms with Crippen LogP contribution in [0.5, 0.6) is 11.5 Å². The van der Waals surface area contributed by atoms with Gasteiger partial charge in [0.25, 0.3) is 0 Å². The molecular formula is C21H15F6N2O3+. The van der Waals surface area contributed by atoms with Crippen molar-refractivity contribution < 1.29 is 45.9 Å². The Balaban J connectivity index is 1.71. The molecular weight excluding hydrogens is 442 g/mol. The van der Waals surface area contributed by atoms with Crippen molar-refractivity contribution in [3.63, 3.8) is 0 Å². The van der Waals surface area contributed by atoms with Crippen LogP contribution in [0.1, 0.15) is 15.9 Å². The van der Waals surface area contributed by atoms with E-state index in [0.717, 1.165) is 23.6 Å². The second-order valence-electron chi connectivity index (χ2n) is 6.40. The number of alkyl halides is 6. The lowest BCUT2D eigenvalue weighted by atomic mass is 10.1. The van der Waals surface area contributed by atoms with Crippen molar-refractivity contribution in [1.29, 1.82) is 0 Å². The summed E-state index contributed by atoms with van der Waals surface area (Å²) in [5, 5.41) is 1.16. The molecule has 0 atom stereocenters. The minimum atomic E-state index is -4.88. The van der Waals surface area contributed by atoms with Crippen LogP contribution in [0.15, 0.2) is 66.9 Å². The lowest BCUT2D eigenvalue weighted by molar-refractivity contribution is -0.572. The van der Waals surface area contributed by atoms with Gasteiger partial charge >= 0.3 is 18.6 Å². The summed E-state index contributed by atoms with van der Waals surface area (Å²) in [6.45, 7) is -0.130. The van der Waals surface area contributed by atoms with Gasteiger partial charge < -0.3 is 9.47 Å². The zero-order valence-corrected chi connectivity index (χ0v) is 16.1. The van der Waals surface area contributed by atoms with Crippen LogP contribution in [0, 0.1) is 0 Å². The largest absolute Gasteiger partial charge is 0.573 e. The summed E-state index contributed by atoms with van der Waals surface area (Å²) in [7, 11) is 0. The first-order valence-electron chi connectivity index (χ1n) is 9.04. The molecule has 32 heavy (non-hydrogen) atoms. The number of ether oxygens (including phenoxy) is 2. The zero-order chi connectivity index (χ0) is 23.4. The number of carbonyl (C=O) groups is 1. The molecule has 0 aliphatic carbocycles. The van der Waals surface area contributed by atoms with E-state index in [2.05, 4.69) is 14.5 Å². The molecule has 0 spiro atoms. The van der Waals surface area contributed by atoms with Gasteiger partial charge in [0, 0.05) is 17.3 Å². The highest BCUT2D eigenvalue weighted by molar-refractivity contribution is 5.86. The molecule has 0 fully saturated rings. The van der Waals surface area contributed by atoms with Crippen LogP contribution in [-0.4, -0.2) is 23.6 Å². The topological polar surface area (TPSA) is 65.0 Å². The first-order chi connectivity index (χ1) is 15.0. The third-order valence-electron chi connectivity index (χ3n) is 4.14. The highest BCUT2D eigenvalue weighted by atomic mass is 19.4. The Labute approximate surface area is 177 Å². The van der Waals surface area contributed by atoms with Crippen molar-refractivity contribution in [2.45, 2.75) is 19.3 Å². The van der Waals surface area contributed by atoms with Gasteiger partial charge in [0.15, 0.2) is 0 Å². The van der Waals surface area contributed by atoms with Crippen LogP contribution in [-0.2, 0) is 6.54 Å². The SMILES string of the molecule is O=C([NH2+]Cc1ccccc1OC(F)(F)F)c1ccc(-c2ccccc2OC(F)(F)F)nc1. The minimum Gasteiger partial charge on any atom is -0.405 e. The number of hydrogen-bond donors (Lipinski definition) is 1. The first kappa shape index (κ1) is 23.1. The quantitative estimate of drug-likeness (QED) is 0.556. The molecule has 0 saturated heterocycles. The summed E-state index contributed by atoms with van der Waals surface area (Å²) in [6, 6.07) is 13.5. The van der Waals surface area contributed by atoms with Gasteiger partial charge in [0.1, 0.15) is 18.0 Å². The van der Waals surface area contributed by atoms with Gasteiger partial charge in [-0.2, -0.15) is 0 Å². The molecule has 0 radical (unpaired) electrons. The number of pyridine rings is 1. The molecule has 1 amide bonds. The van der Waals surface area contributed by atoms with E-state index in [1.807, 2.05) is 0 Å². The Hall–Kier alpha value is -3.60. The van der Waals surface area contributed by atoms with Gasteiger partial charge in [0.2, 0.25) is 0 Å². The van der Waals surface area contributed by atoms with Crippen LogP contribution in [0.2, 0.25) is 0 Å². The van der Waals surface area contributed by atoms with E-state index in [9.17, 15) is 31.1 Å². The van der Waals surface area contributed by atoms with Gasteiger partial charge in [-0.15, -0.1) is 26.3 Å². The summed E-state index contributed by atoms with van der Waals surface area (Å²) in [5.74, 6) is -1.39. The third kappa shape index (κ3) is 6.45. The van der Waals surface area contributed by atoms with E-state index in [1.165, 1.54) is 48.5 Å². The normalized spacial score (nSPS) is 11.8. The van der Waals surface area contributed by atoms with Crippen LogP contribution in [0.25, 0.3) is 11.3 Å². The standard InChI is InChI=1S/C21H14F6N2O3/c22-20(23,24)31-17-7-3-1-5-13(17)11-29-19(30)14-9-10-16(28-12-14)15-6-2-4-8-18(15)32-21(25,26)27/h1-10,12H,11H2,(H,29,30)/p+1. The van der Waals surface area contributed by atoms with E-state index in [-0.39, 0.29) is 28.9 Å². The van der Waals surface area contributed by atoms with Crippen LogP contribution in [0.4, 0.5) is 26.3 Å². The molecule has 0 saturated carbocycles. The second-order valence-corrected chi connectivity index (χ2v) is 6.40. The summed E-state index contributed by atoms with van der Waals surface area (Å²) in [4.78, 5) is 16.4. The molecule has 2 N–H and O–H groups in total. The first-order valence-corrected chi connectivity index (χ1v) is 9.04. The van der Waals surface area contributed by atoms with E-state index in [1.54, 1.807) is 0 Å². The Kier molecular flexibility index (Phi) is 6.68. The number of para-hydroxylation sites is 2. The Morgan fingerprint density at radius 3 is 2.03 bits per heavy atom. The smallest absolute Gasteiger partial charge is 0.405 e. The van der Waals surface area contributed by atoms with Crippen LogP contribution in [0.3, 0.4) is 0 Å². The van der Waals surface area contributed by atoms with Gasteiger partial charge in [-0.25, -0.2) is 4.79 Å². The number of amides is 1. The van der Waals surface area contributed by atoms with E-state index in [4.69, 9.17) is 0 Å². The lowest BCUT2D eigenvalue weighted by Crippen LogP contribution is -2.86. The summed E-state index contributed by atoms with van der Waals surface area (Å²) in [5.41, 5.74) is 0.481. The van der Waals surface area contributed by atoms with Crippen molar-refractivity contribution in [2.24, 2.45) is 0 Å². The predicted octanol–water partition coefficient (Wildman–Crippen LogP) is 4.45. The van der Waals surface area contributed by atoms with Gasteiger partial charge in [0.05, 0.1) is 11.3 Å². The predicted molar refractivity (Wildman–Crippen MR) is 99.4 cm³/mol. The molecule has 5 nitrogen and oxygen atoms in total. The Bertz CT molecular complexity index is 1080. The van der Waals surface area contributed by atoms with Crippen molar-refractivity contribution in [2.75, 3.05) is 0 Å². The number of aromatic nitrogens is 1. The molecule has 3 rings (SSSR count). The van der Waals surface area contributed by atoms with E-state index < -0.39 is 30.1 Å². The number of rotatable bonds is 6. The number of primary amides is 1. The zero-order valence-electron chi connectivity index (χ0n) is 16.1. The van der Waals surface area contributed by atoms with Crippen molar-refractivity contribution in [3.05, 3.63) is 78.0 Å². The number of carbonyl (C=O) groups excluding carboxylic acids is 1. The van der Waals surface area contributed by atoms with Crippen molar-refractivity contribution in [3.8, 4) is 22.8 Å². The summed E-state index contributed by atoms with van der Waals surface area (Å²) in [6.07, 6.45) is -8.59. The average Bonchev–Trinajstić information content (AvgIpc) is 2.71. The molecule has 0 aliphatic rings. The summed E-state index contributed by atoms with van der Waals surface area (Å²) >= 11 is 0. The van der Waals surface area contributed by atoms with Gasteiger partial charge in [-0.3, -0.25) is 10.3 Å². The molecule has 1 heterocycles. The second kappa shape index (κ2) is 9.27. The monoisotopic (exact) mass is 457 g/mol. The maximum Gasteiger partial charge on any atom is 0.573 e. The van der Waals surface area contributed by atoms with Crippen LogP contribution < -0.4 is 14.8 Å². The highest BCUT2D eigenvalue weighted by Crippen LogP contribution is 2.32. The maximum atomic E-state index is 12.6. The number of halogens is 6.